The molecule has 0 aliphatic rings. The Bertz CT molecular complexity index is 726. The number of aryl methyl sites for hydroxylation is 1. The molecule has 6 heteroatoms. The Hall–Kier alpha value is -1.40. The summed E-state index contributed by atoms with van der Waals surface area (Å²) in [6.07, 6.45) is 4.75. The molecule has 0 saturated carbocycles. The largest absolute Gasteiger partial charge is 0.361 e. The maximum absolute atomic E-state index is 12.3. The number of hydrogen-bond acceptors (Lipinski definition) is 3. The smallest absolute Gasteiger partial charge is 0.275 e. The lowest BCUT2D eigenvalue weighted by Crippen LogP contribution is -2.22. The van der Waals surface area contributed by atoms with Crippen molar-refractivity contribution >= 4 is 18.8 Å². The molecule has 0 aromatic carbocycles. The fraction of sp³-hybridized carbons (Fsp3) is 0.647. The van der Waals surface area contributed by atoms with Gasteiger partial charge >= 0.3 is 0 Å². The van der Waals surface area contributed by atoms with E-state index in [4.69, 9.17) is 4.74 Å². The molecular weight excluding hydrogens is 306 g/mol. The van der Waals surface area contributed by atoms with Gasteiger partial charge in [0.05, 0.1) is 11.1 Å². The normalized spacial score (nSPS) is 12.5. The highest BCUT2D eigenvalue weighted by molar-refractivity contribution is 6.76. The van der Waals surface area contributed by atoms with Crippen molar-refractivity contribution in [2.45, 2.75) is 52.7 Å². The van der Waals surface area contributed by atoms with Crippen LogP contribution in [0, 0.1) is 5.92 Å². The molecule has 0 spiro atoms. The molecule has 2 aromatic heterocycles. The van der Waals surface area contributed by atoms with Crippen molar-refractivity contribution in [2.75, 3.05) is 6.61 Å². The molecule has 2 aromatic rings. The van der Waals surface area contributed by atoms with Gasteiger partial charge < -0.3 is 9.30 Å². The average molecular weight is 336 g/mol. The van der Waals surface area contributed by atoms with Gasteiger partial charge in [0.1, 0.15) is 6.73 Å². The Kier molecular flexibility index (Phi) is 5.47. The summed E-state index contributed by atoms with van der Waals surface area (Å²) < 4.78 is 9.19. The minimum absolute atomic E-state index is 0.0478. The summed E-state index contributed by atoms with van der Waals surface area (Å²) in [4.78, 5) is 12.3. The van der Waals surface area contributed by atoms with E-state index in [2.05, 4.69) is 38.6 Å². The third-order valence-electron chi connectivity index (χ3n) is 3.82. The number of ether oxygens (including phenoxy) is 1. The van der Waals surface area contributed by atoms with Gasteiger partial charge in [-0.3, -0.25) is 4.79 Å². The summed E-state index contributed by atoms with van der Waals surface area (Å²) in [6.45, 7) is 12.6. The van der Waals surface area contributed by atoms with Gasteiger partial charge in [-0.15, -0.1) is 0 Å². The summed E-state index contributed by atoms with van der Waals surface area (Å²) in [5.74, 6) is 0.500. The molecule has 0 atom stereocenters. The van der Waals surface area contributed by atoms with Gasteiger partial charge in [0.2, 0.25) is 0 Å². The van der Waals surface area contributed by atoms with Crippen molar-refractivity contribution in [1.29, 1.82) is 0 Å². The summed E-state index contributed by atoms with van der Waals surface area (Å²) in [5.41, 5.74) is 0.936. The molecule has 2 rings (SSSR count). The SMILES string of the molecule is CC(C)Cc1nn(C)c(=O)c2cn(COCC[Si](C)(C)C)cc12. The van der Waals surface area contributed by atoms with Crippen LogP contribution in [0.2, 0.25) is 25.7 Å². The van der Waals surface area contributed by atoms with Crippen LogP contribution in [0.5, 0.6) is 0 Å². The first kappa shape index (κ1) is 17.9. The molecule has 23 heavy (non-hydrogen) atoms. The summed E-state index contributed by atoms with van der Waals surface area (Å²) in [5, 5.41) is 6.12. The topological polar surface area (TPSA) is 49.0 Å². The number of nitrogens with zero attached hydrogens (tertiary/aromatic N) is 3. The molecule has 0 aliphatic heterocycles. The van der Waals surface area contributed by atoms with Crippen LogP contribution >= 0.6 is 0 Å². The highest BCUT2D eigenvalue weighted by Crippen LogP contribution is 2.18. The van der Waals surface area contributed by atoms with Crippen molar-refractivity contribution < 1.29 is 4.74 Å². The lowest BCUT2D eigenvalue weighted by atomic mass is 10.1. The van der Waals surface area contributed by atoms with Gasteiger partial charge in [0.25, 0.3) is 5.56 Å². The van der Waals surface area contributed by atoms with Crippen LogP contribution in [-0.2, 0) is 24.9 Å². The van der Waals surface area contributed by atoms with E-state index in [9.17, 15) is 4.79 Å². The van der Waals surface area contributed by atoms with Gasteiger partial charge in [-0.25, -0.2) is 4.68 Å². The van der Waals surface area contributed by atoms with Crippen molar-refractivity contribution in [3.63, 3.8) is 0 Å². The van der Waals surface area contributed by atoms with Gasteiger partial charge in [0.15, 0.2) is 0 Å². The molecule has 0 amide bonds. The number of fused-ring (bicyclic) bond motifs is 1. The van der Waals surface area contributed by atoms with E-state index < -0.39 is 8.07 Å². The van der Waals surface area contributed by atoms with Crippen LogP contribution in [-0.4, -0.2) is 29.0 Å². The fourth-order valence-corrected chi connectivity index (χ4v) is 3.28. The highest BCUT2D eigenvalue weighted by atomic mass is 28.3. The van der Waals surface area contributed by atoms with Crippen molar-refractivity contribution in [3.05, 3.63) is 28.4 Å². The molecule has 0 N–H and O–H groups in total. The Morgan fingerprint density at radius 1 is 1.22 bits per heavy atom. The van der Waals surface area contributed by atoms with Gasteiger partial charge in [-0.1, -0.05) is 33.5 Å². The summed E-state index contributed by atoms with van der Waals surface area (Å²) >= 11 is 0. The second-order valence-corrected chi connectivity index (χ2v) is 13.5. The van der Waals surface area contributed by atoms with Crippen LogP contribution in [0.25, 0.3) is 10.8 Å². The molecule has 0 bridgehead atoms. The third kappa shape index (κ3) is 4.78. The average Bonchev–Trinajstić information content (AvgIpc) is 2.84. The molecular formula is C17H29N3O2Si. The lowest BCUT2D eigenvalue weighted by molar-refractivity contribution is 0.0877. The van der Waals surface area contributed by atoms with Crippen molar-refractivity contribution in [1.82, 2.24) is 14.3 Å². The van der Waals surface area contributed by atoms with Gasteiger partial charge in [0, 0.05) is 39.5 Å². The molecule has 0 fully saturated rings. The summed E-state index contributed by atoms with van der Waals surface area (Å²) in [6, 6.07) is 1.15. The van der Waals surface area contributed by atoms with Crippen LogP contribution < -0.4 is 5.56 Å². The zero-order valence-electron chi connectivity index (χ0n) is 15.2. The number of hydrogen-bond donors (Lipinski definition) is 0. The predicted octanol–water partition coefficient (Wildman–Crippen LogP) is 3.25. The molecule has 128 valence electrons. The second kappa shape index (κ2) is 7.01. The van der Waals surface area contributed by atoms with Gasteiger partial charge in [-0.05, 0) is 18.4 Å². The zero-order valence-corrected chi connectivity index (χ0v) is 16.2. The summed E-state index contributed by atoms with van der Waals surface area (Å²) in [7, 11) is 0.647. The molecule has 5 nitrogen and oxygen atoms in total. The third-order valence-corrected chi connectivity index (χ3v) is 5.53. The first-order chi connectivity index (χ1) is 10.7. The molecule has 2 heterocycles. The number of rotatable bonds is 7. The van der Waals surface area contributed by atoms with E-state index in [1.54, 1.807) is 7.05 Å². The van der Waals surface area contributed by atoms with Crippen LogP contribution in [0.3, 0.4) is 0 Å². The maximum atomic E-state index is 12.3. The molecule has 0 unspecified atom stereocenters. The Morgan fingerprint density at radius 3 is 2.48 bits per heavy atom. The van der Waals surface area contributed by atoms with E-state index in [0.29, 0.717) is 12.6 Å². The lowest BCUT2D eigenvalue weighted by Gasteiger charge is -2.15. The maximum Gasteiger partial charge on any atom is 0.275 e. The van der Waals surface area contributed by atoms with Crippen molar-refractivity contribution in [3.8, 4) is 0 Å². The van der Waals surface area contributed by atoms with E-state index >= 15 is 0 Å². The molecule has 0 aliphatic carbocycles. The van der Waals surface area contributed by atoms with E-state index in [1.165, 1.54) is 4.68 Å². The second-order valence-electron chi connectivity index (χ2n) is 7.92. The Balaban J connectivity index is 2.20. The molecule has 0 radical (unpaired) electrons. The van der Waals surface area contributed by atoms with Crippen molar-refractivity contribution in [2.24, 2.45) is 13.0 Å². The van der Waals surface area contributed by atoms with E-state index in [0.717, 1.165) is 35.5 Å². The standard InChI is InChI=1S/C17H29N3O2Si/c1-13(2)9-16-14-10-20(12-22-7-8-23(4,5)6)11-15(14)17(21)19(3)18-16/h10-11,13H,7-9,12H2,1-6H3. The monoisotopic (exact) mass is 335 g/mol. The Labute approximate surface area is 139 Å². The van der Waals surface area contributed by atoms with E-state index in [-0.39, 0.29) is 5.56 Å². The number of aromatic nitrogens is 3. The van der Waals surface area contributed by atoms with Crippen LogP contribution in [0.1, 0.15) is 19.5 Å². The van der Waals surface area contributed by atoms with Gasteiger partial charge in [-0.2, -0.15) is 5.10 Å². The molecule has 0 saturated heterocycles. The first-order valence-corrected chi connectivity index (χ1v) is 12.0. The minimum atomic E-state index is -1.07. The van der Waals surface area contributed by atoms with Crippen LogP contribution in [0.4, 0.5) is 0 Å². The minimum Gasteiger partial charge on any atom is -0.361 e. The van der Waals surface area contributed by atoms with Crippen LogP contribution in [0.15, 0.2) is 17.2 Å². The first-order valence-electron chi connectivity index (χ1n) is 8.31. The quantitative estimate of drug-likeness (QED) is 0.576. The highest BCUT2D eigenvalue weighted by Gasteiger charge is 2.14. The predicted molar refractivity (Wildman–Crippen MR) is 97.6 cm³/mol. The zero-order chi connectivity index (χ0) is 17.2. The van der Waals surface area contributed by atoms with E-state index in [1.807, 2.05) is 17.0 Å². The fourth-order valence-electron chi connectivity index (χ4n) is 2.52. The Morgan fingerprint density at radius 2 is 1.87 bits per heavy atom.